The molecule has 0 amide bonds. The van der Waals surface area contributed by atoms with Crippen molar-refractivity contribution in [3.63, 3.8) is 0 Å². The summed E-state index contributed by atoms with van der Waals surface area (Å²) in [5, 5.41) is 10.2. The molecular formula is C20H19ClN6O3S. The highest BCUT2D eigenvalue weighted by molar-refractivity contribution is 7.98. The normalized spacial score (nSPS) is 11.2. The molecule has 3 heterocycles. The van der Waals surface area contributed by atoms with Gasteiger partial charge in [0.05, 0.1) is 17.7 Å². The molecule has 2 N–H and O–H groups in total. The number of thioether (sulfide) groups is 1. The number of hydrogen-bond donors (Lipinski definition) is 1. The highest BCUT2D eigenvalue weighted by Gasteiger charge is 2.24. The minimum absolute atomic E-state index is 0.167. The number of esters is 1. The smallest absolute Gasteiger partial charge is 0.342 e. The molecule has 0 fully saturated rings. The maximum atomic E-state index is 12.2. The number of benzene rings is 1. The van der Waals surface area contributed by atoms with E-state index in [1.807, 2.05) is 23.7 Å². The van der Waals surface area contributed by atoms with E-state index in [1.54, 1.807) is 26.0 Å². The van der Waals surface area contributed by atoms with Crippen molar-refractivity contribution < 1.29 is 13.9 Å². The number of carbonyl (C=O) groups is 1. The summed E-state index contributed by atoms with van der Waals surface area (Å²) in [5.74, 6) is 1.61. The van der Waals surface area contributed by atoms with Crippen molar-refractivity contribution in [1.82, 2.24) is 24.7 Å². The summed E-state index contributed by atoms with van der Waals surface area (Å²) in [6.45, 7) is 3.64. The number of aryl methyl sites for hydroxylation is 1. The van der Waals surface area contributed by atoms with Crippen molar-refractivity contribution in [2.24, 2.45) is 7.05 Å². The van der Waals surface area contributed by atoms with E-state index in [2.05, 4.69) is 20.2 Å². The molecule has 11 heteroatoms. The highest BCUT2D eigenvalue weighted by atomic mass is 35.5. The van der Waals surface area contributed by atoms with Crippen LogP contribution in [-0.2, 0) is 17.5 Å². The molecule has 0 atom stereocenters. The van der Waals surface area contributed by atoms with Crippen molar-refractivity contribution in [1.29, 1.82) is 0 Å². The summed E-state index contributed by atoms with van der Waals surface area (Å²) < 4.78 is 12.6. The fraction of sp³-hybridized carbons (Fsp3) is 0.250. The first-order chi connectivity index (χ1) is 14.9. The molecule has 0 saturated carbocycles. The quantitative estimate of drug-likeness (QED) is 0.337. The van der Waals surface area contributed by atoms with Crippen molar-refractivity contribution in [2.45, 2.75) is 24.8 Å². The number of aromatic nitrogens is 5. The Morgan fingerprint density at radius 2 is 2.00 bits per heavy atom. The molecule has 0 aliphatic heterocycles. The lowest BCUT2D eigenvalue weighted by Gasteiger charge is -2.05. The number of nitrogen functional groups attached to an aromatic ring is 1. The highest BCUT2D eigenvalue weighted by Crippen LogP contribution is 2.31. The van der Waals surface area contributed by atoms with Gasteiger partial charge in [0.1, 0.15) is 23.0 Å². The van der Waals surface area contributed by atoms with Gasteiger partial charge in [-0.25, -0.2) is 9.78 Å². The van der Waals surface area contributed by atoms with E-state index in [0.717, 1.165) is 11.4 Å². The number of ether oxygens (including phenoxy) is 1. The largest absolute Gasteiger partial charge is 0.462 e. The van der Waals surface area contributed by atoms with E-state index in [-0.39, 0.29) is 23.7 Å². The van der Waals surface area contributed by atoms with Gasteiger partial charge in [-0.2, -0.15) is 4.98 Å². The monoisotopic (exact) mass is 458 g/mol. The van der Waals surface area contributed by atoms with Gasteiger partial charge in [-0.05, 0) is 38.1 Å². The molecular weight excluding hydrogens is 440 g/mol. The predicted octanol–water partition coefficient (Wildman–Crippen LogP) is 4.03. The molecule has 0 aliphatic rings. The second-order valence-corrected chi connectivity index (χ2v) is 8.00. The minimum Gasteiger partial charge on any atom is -0.462 e. The Labute approximate surface area is 187 Å². The summed E-state index contributed by atoms with van der Waals surface area (Å²) in [4.78, 5) is 21.0. The van der Waals surface area contributed by atoms with Gasteiger partial charge < -0.3 is 19.5 Å². The third-order valence-electron chi connectivity index (χ3n) is 4.55. The number of anilines is 1. The number of nitrogens with zero attached hydrogens (tertiary/aromatic N) is 5. The van der Waals surface area contributed by atoms with Crippen molar-refractivity contribution >= 4 is 46.2 Å². The molecule has 160 valence electrons. The van der Waals surface area contributed by atoms with Crippen LogP contribution >= 0.6 is 23.4 Å². The number of rotatable bonds is 6. The summed E-state index contributed by atoms with van der Waals surface area (Å²) in [7, 11) is 1.88. The number of carbonyl (C=O) groups excluding carboxylic acids is 1. The standard InChI is InChI=1S/C20H19ClN6O3S/c1-4-29-19(28)14-10(2)30-18-15(14)16(22)23-13(24-18)9-31-20-26-25-17(27(20)3)11-5-7-12(21)8-6-11/h5-8H,4,9H2,1-3H3,(H2,22,23,24). The van der Waals surface area contributed by atoms with Gasteiger partial charge in [0, 0.05) is 17.6 Å². The summed E-state index contributed by atoms with van der Waals surface area (Å²) in [6, 6.07) is 7.39. The molecule has 31 heavy (non-hydrogen) atoms. The van der Waals surface area contributed by atoms with Crippen molar-refractivity contribution in [2.75, 3.05) is 12.3 Å². The zero-order chi connectivity index (χ0) is 22.1. The van der Waals surface area contributed by atoms with Gasteiger partial charge >= 0.3 is 5.97 Å². The van der Waals surface area contributed by atoms with Crippen LogP contribution in [0.15, 0.2) is 33.8 Å². The van der Waals surface area contributed by atoms with Crippen LogP contribution in [0.1, 0.15) is 28.9 Å². The van der Waals surface area contributed by atoms with Gasteiger partial charge in [0.15, 0.2) is 11.0 Å². The lowest BCUT2D eigenvalue weighted by atomic mass is 10.2. The zero-order valence-corrected chi connectivity index (χ0v) is 18.6. The molecule has 0 radical (unpaired) electrons. The molecule has 0 bridgehead atoms. The second-order valence-electron chi connectivity index (χ2n) is 6.62. The average Bonchev–Trinajstić information content (AvgIpc) is 3.26. The van der Waals surface area contributed by atoms with Crippen LogP contribution in [0.4, 0.5) is 5.82 Å². The summed E-state index contributed by atoms with van der Waals surface area (Å²) in [5.41, 5.74) is 7.54. The third kappa shape index (κ3) is 4.08. The average molecular weight is 459 g/mol. The van der Waals surface area contributed by atoms with Crippen LogP contribution in [0.2, 0.25) is 5.02 Å². The summed E-state index contributed by atoms with van der Waals surface area (Å²) in [6.07, 6.45) is 0. The van der Waals surface area contributed by atoms with Crippen LogP contribution < -0.4 is 5.73 Å². The Kier molecular flexibility index (Phi) is 5.84. The molecule has 0 aliphatic carbocycles. The molecule has 3 aromatic heterocycles. The van der Waals surface area contributed by atoms with E-state index in [0.29, 0.717) is 32.9 Å². The van der Waals surface area contributed by atoms with Crippen LogP contribution in [0.25, 0.3) is 22.5 Å². The van der Waals surface area contributed by atoms with E-state index >= 15 is 0 Å². The maximum absolute atomic E-state index is 12.2. The number of halogens is 1. The molecule has 0 spiro atoms. The Morgan fingerprint density at radius 1 is 1.26 bits per heavy atom. The predicted molar refractivity (Wildman–Crippen MR) is 118 cm³/mol. The molecule has 4 aromatic rings. The van der Waals surface area contributed by atoms with Gasteiger partial charge in [-0.3, -0.25) is 0 Å². The molecule has 4 rings (SSSR count). The SMILES string of the molecule is CCOC(=O)c1c(C)oc2nc(CSc3nnc(-c4ccc(Cl)cc4)n3C)nc(N)c12. The molecule has 1 aromatic carbocycles. The van der Waals surface area contributed by atoms with E-state index < -0.39 is 5.97 Å². The zero-order valence-electron chi connectivity index (χ0n) is 17.0. The number of hydrogen-bond acceptors (Lipinski definition) is 9. The molecule has 0 unspecified atom stereocenters. The van der Waals surface area contributed by atoms with E-state index in [9.17, 15) is 4.79 Å². The fourth-order valence-corrected chi connectivity index (χ4v) is 4.01. The van der Waals surface area contributed by atoms with Crippen LogP contribution in [0.5, 0.6) is 0 Å². The first-order valence-corrected chi connectivity index (χ1v) is 10.8. The third-order valence-corrected chi connectivity index (χ3v) is 5.82. The van der Waals surface area contributed by atoms with Gasteiger partial charge in [0.25, 0.3) is 0 Å². The number of furan rings is 1. The lowest BCUT2D eigenvalue weighted by Crippen LogP contribution is -2.07. The van der Waals surface area contributed by atoms with Crippen LogP contribution in [0.3, 0.4) is 0 Å². The first-order valence-electron chi connectivity index (χ1n) is 9.39. The topological polar surface area (TPSA) is 122 Å². The van der Waals surface area contributed by atoms with Gasteiger partial charge in [-0.15, -0.1) is 10.2 Å². The number of fused-ring (bicyclic) bond motifs is 1. The van der Waals surface area contributed by atoms with Gasteiger partial charge in [-0.1, -0.05) is 23.4 Å². The fourth-order valence-electron chi connectivity index (χ4n) is 3.12. The second kappa shape index (κ2) is 8.56. The Hall–Kier alpha value is -3.11. The van der Waals surface area contributed by atoms with E-state index in [4.69, 9.17) is 26.5 Å². The van der Waals surface area contributed by atoms with Crippen molar-refractivity contribution in [3.05, 3.63) is 46.4 Å². The minimum atomic E-state index is -0.509. The van der Waals surface area contributed by atoms with Crippen LogP contribution in [-0.4, -0.2) is 37.3 Å². The molecule has 0 saturated heterocycles. The number of nitrogens with two attached hydrogens (primary N) is 1. The summed E-state index contributed by atoms with van der Waals surface area (Å²) >= 11 is 7.37. The Balaban J connectivity index is 1.57. The first kappa shape index (κ1) is 21.1. The lowest BCUT2D eigenvalue weighted by molar-refractivity contribution is 0.0526. The Bertz CT molecular complexity index is 1270. The Morgan fingerprint density at radius 3 is 2.71 bits per heavy atom. The van der Waals surface area contributed by atoms with Crippen LogP contribution in [0, 0.1) is 6.92 Å². The van der Waals surface area contributed by atoms with Gasteiger partial charge in [0.2, 0.25) is 5.71 Å². The van der Waals surface area contributed by atoms with E-state index in [1.165, 1.54) is 11.8 Å². The maximum Gasteiger partial charge on any atom is 0.342 e. The molecule has 9 nitrogen and oxygen atoms in total. The van der Waals surface area contributed by atoms with Crippen molar-refractivity contribution in [3.8, 4) is 11.4 Å².